The number of nitrogens with zero attached hydrogens (tertiary/aromatic N) is 2. The van der Waals surface area contributed by atoms with Crippen molar-refractivity contribution < 1.29 is 4.42 Å². The SMILES string of the molecule is CCc1cnc(-c2cc(Cl)cnc2NC)o1. The summed E-state index contributed by atoms with van der Waals surface area (Å²) in [5, 5.41) is 3.54. The summed E-state index contributed by atoms with van der Waals surface area (Å²) >= 11 is 5.90. The van der Waals surface area contributed by atoms with E-state index in [1.165, 1.54) is 0 Å². The molecule has 16 heavy (non-hydrogen) atoms. The zero-order chi connectivity index (χ0) is 11.5. The third-order valence-corrected chi connectivity index (χ3v) is 2.43. The third-order valence-electron chi connectivity index (χ3n) is 2.22. The average molecular weight is 238 g/mol. The number of halogens is 1. The Kier molecular flexibility index (Phi) is 3.10. The first-order chi connectivity index (χ1) is 7.74. The van der Waals surface area contributed by atoms with Gasteiger partial charge in [0.2, 0.25) is 5.89 Å². The zero-order valence-corrected chi connectivity index (χ0v) is 9.88. The second-order valence-electron chi connectivity index (χ2n) is 3.28. The Labute approximate surface area is 98.7 Å². The van der Waals surface area contributed by atoms with E-state index in [4.69, 9.17) is 16.0 Å². The monoisotopic (exact) mass is 237 g/mol. The largest absolute Gasteiger partial charge is 0.441 e. The van der Waals surface area contributed by atoms with E-state index < -0.39 is 0 Å². The van der Waals surface area contributed by atoms with Gasteiger partial charge < -0.3 is 9.73 Å². The lowest BCUT2D eigenvalue weighted by Gasteiger charge is -2.04. The van der Waals surface area contributed by atoms with Gasteiger partial charge in [0.15, 0.2) is 0 Å². The molecule has 2 aromatic rings. The van der Waals surface area contributed by atoms with Crippen LogP contribution in [0.4, 0.5) is 5.82 Å². The molecule has 84 valence electrons. The molecular weight excluding hydrogens is 226 g/mol. The van der Waals surface area contributed by atoms with Gasteiger partial charge >= 0.3 is 0 Å². The van der Waals surface area contributed by atoms with Crippen molar-refractivity contribution in [2.45, 2.75) is 13.3 Å². The Morgan fingerprint density at radius 3 is 2.81 bits per heavy atom. The number of aromatic nitrogens is 2. The van der Waals surface area contributed by atoms with Crippen LogP contribution in [-0.4, -0.2) is 17.0 Å². The molecule has 2 aromatic heterocycles. The molecule has 2 heterocycles. The van der Waals surface area contributed by atoms with Crippen LogP contribution in [-0.2, 0) is 6.42 Å². The van der Waals surface area contributed by atoms with Gasteiger partial charge in [0.25, 0.3) is 0 Å². The van der Waals surface area contributed by atoms with E-state index in [-0.39, 0.29) is 0 Å². The highest BCUT2D eigenvalue weighted by molar-refractivity contribution is 6.30. The smallest absolute Gasteiger partial charge is 0.230 e. The Morgan fingerprint density at radius 2 is 2.19 bits per heavy atom. The Bertz CT molecular complexity index is 496. The van der Waals surface area contributed by atoms with E-state index in [2.05, 4.69) is 15.3 Å². The van der Waals surface area contributed by atoms with Crippen molar-refractivity contribution in [3.8, 4) is 11.5 Å². The average Bonchev–Trinajstić information content (AvgIpc) is 2.77. The second-order valence-corrected chi connectivity index (χ2v) is 3.72. The van der Waals surface area contributed by atoms with E-state index in [0.717, 1.165) is 17.7 Å². The minimum atomic E-state index is 0.538. The summed E-state index contributed by atoms with van der Waals surface area (Å²) < 4.78 is 5.57. The van der Waals surface area contributed by atoms with Crippen LogP contribution in [0.15, 0.2) is 22.9 Å². The lowest BCUT2D eigenvalue weighted by molar-refractivity contribution is 0.524. The van der Waals surface area contributed by atoms with Gasteiger partial charge in [0.05, 0.1) is 16.8 Å². The summed E-state index contributed by atoms with van der Waals surface area (Å²) in [5.41, 5.74) is 0.773. The first-order valence-corrected chi connectivity index (χ1v) is 5.40. The molecule has 0 fully saturated rings. The number of aryl methyl sites for hydroxylation is 1. The molecule has 0 saturated carbocycles. The van der Waals surface area contributed by atoms with Crippen molar-refractivity contribution in [2.75, 3.05) is 12.4 Å². The normalized spacial score (nSPS) is 10.4. The van der Waals surface area contributed by atoms with Crippen LogP contribution in [0.2, 0.25) is 5.02 Å². The number of hydrogen-bond donors (Lipinski definition) is 1. The summed E-state index contributed by atoms with van der Waals surface area (Å²) in [6.45, 7) is 2.01. The quantitative estimate of drug-likeness (QED) is 0.892. The number of oxazole rings is 1. The predicted molar refractivity (Wildman–Crippen MR) is 63.7 cm³/mol. The van der Waals surface area contributed by atoms with Crippen molar-refractivity contribution in [3.63, 3.8) is 0 Å². The second kappa shape index (κ2) is 4.53. The van der Waals surface area contributed by atoms with Gasteiger partial charge in [0, 0.05) is 19.7 Å². The van der Waals surface area contributed by atoms with Crippen molar-refractivity contribution in [1.82, 2.24) is 9.97 Å². The highest BCUT2D eigenvalue weighted by Crippen LogP contribution is 2.28. The van der Waals surface area contributed by atoms with Gasteiger partial charge in [-0.25, -0.2) is 9.97 Å². The van der Waals surface area contributed by atoms with Crippen LogP contribution >= 0.6 is 11.6 Å². The lowest BCUT2D eigenvalue weighted by atomic mass is 10.2. The number of nitrogens with one attached hydrogen (secondary N) is 1. The molecule has 1 N–H and O–H groups in total. The minimum Gasteiger partial charge on any atom is -0.441 e. The number of rotatable bonds is 3. The molecule has 0 aliphatic heterocycles. The first-order valence-electron chi connectivity index (χ1n) is 5.03. The van der Waals surface area contributed by atoms with E-state index in [1.54, 1.807) is 25.5 Å². The first kappa shape index (κ1) is 11.0. The van der Waals surface area contributed by atoms with Crippen molar-refractivity contribution >= 4 is 17.4 Å². The van der Waals surface area contributed by atoms with Crippen LogP contribution in [0.5, 0.6) is 0 Å². The standard InChI is InChI=1S/C11H12ClN3O/c1-3-8-6-15-11(16-8)9-4-7(12)5-14-10(9)13-2/h4-6H,3H2,1-2H3,(H,13,14). The Hall–Kier alpha value is -1.55. The maximum Gasteiger partial charge on any atom is 0.230 e. The minimum absolute atomic E-state index is 0.538. The fraction of sp³-hybridized carbons (Fsp3) is 0.273. The van der Waals surface area contributed by atoms with E-state index in [0.29, 0.717) is 16.7 Å². The lowest BCUT2D eigenvalue weighted by Crippen LogP contribution is -1.95. The fourth-order valence-electron chi connectivity index (χ4n) is 1.40. The molecule has 0 aromatic carbocycles. The summed E-state index contributed by atoms with van der Waals surface area (Å²) in [6, 6.07) is 1.78. The van der Waals surface area contributed by atoms with Crippen LogP contribution < -0.4 is 5.32 Å². The summed E-state index contributed by atoms with van der Waals surface area (Å²) in [4.78, 5) is 8.37. The molecule has 0 spiro atoms. The molecule has 4 nitrogen and oxygen atoms in total. The summed E-state index contributed by atoms with van der Waals surface area (Å²) in [5.74, 6) is 2.09. The highest BCUT2D eigenvalue weighted by atomic mass is 35.5. The Morgan fingerprint density at radius 1 is 1.38 bits per heavy atom. The van der Waals surface area contributed by atoms with E-state index in [1.807, 2.05) is 6.92 Å². The molecule has 0 unspecified atom stereocenters. The molecule has 5 heteroatoms. The molecule has 0 amide bonds. The van der Waals surface area contributed by atoms with Crippen molar-refractivity contribution in [3.05, 3.63) is 29.2 Å². The van der Waals surface area contributed by atoms with Gasteiger partial charge in [-0.2, -0.15) is 0 Å². The highest BCUT2D eigenvalue weighted by Gasteiger charge is 2.11. The maximum absolute atomic E-state index is 5.90. The molecular formula is C11H12ClN3O. The van der Waals surface area contributed by atoms with Gasteiger partial charge in [-0.1, -0.05) is 18.5 Å². The predicted octanol–water partition coefficient (Wildman–Crippen LogP) is 2.99. The van der Waals surface area contributed by atoms with Crippen LogP contribution in [0.25, 0.3) is 11.5 Å². The zero-order valence-electron chi connectivity index (χ0n) is 9.12. The number of pyridine rings is 1. The molecule has 0 bridgehead atoms. The fourth-order valence-corrected chi connectivity index (χ4v) is 1.55. The van der Waals surface area contributed by atoms with Gasteiger partial charge in [-0.15, -0.1) is 0 Å². The van der Waals surface area contributed by atoms with Gasteiger partial charge in [-0.3, -0.25) is 0 Å². The molecule has 0 radical (unpaired) electrons. The van der Waals surface area contributed by atoms with E-state index in [9.17, 15) is 0 Å². The molecule has 0 aliphatic rings. The number of anilines is 1. The van der Waals surface area contributed by atoms with E-state index >= 15 is 0 Å². The van der Waals surface area contributed by atoms with Crippen LogP contribution in [0, 0.1) is 0 Å². The van der Waals surface area contributed by atoms with Gasteiger partial charge in [0.1, 0.15) is 11.6 Å². The number of hydrogen-bond acceptors (Lipinski definition) is 4. The molecule has 2 rings (SSSR count). The van der Waals surface area contributed by atoms with Crippen LogP contribution in [0.3, 0.4) is 0 Å². The summed E-state index contributed by atoms with van der Waals surface area (Å²) in [6.07, 6.45) is 4.12. The Balaban J connectivity index is 2.49. The topological polar surface area (TPSA) is 51.0 Å². The summed E-state index contributed by atoms with van der Waals surface area (Å²) in [7, 11) is 1.80. The molecule has 0 atom stereocenters. The maximum atomic E-state index is 5.90. The third kappa shape index (κ3) is 2.02. The van der Waals surface area contributed by atoms with Crippen molar-refractivity contribution in [1.29, 1.82) is 0 Å². The van der Waals surface area contributed by atoms with Gasteiger partial charge in [-0.05, 0) is 6.07 Å². The van der Waals surface area contributed by atoms with Crippen molar-refractivity contribution in [2.24, 2.45) is 0 Å². The molecule has 0 saturated heterocycles. The molecule has 0 aliphatic carbocycles. The van der Waals surface area contributed by atoms with Crippen LogP contribution in [0.1, 0.15) is 12.7 Å².